The molecule has 1 rings (SSSR count). The number of hydrogen-bond acceptors (Lipinski definition) is 5. The van der Waals surface area contributed by atoms with Crippen LogP contribution in [-0.4, -0.2) is 30.2 Å². The fraction of sp³-hybridized carbons (Fsp3) is 0.615. The first-order valence-electron chi connectivity index (χ1n) is 6.01. The smallest absolute Gasteiger partial charge is 0.150 e. The van der Waals surface area contributed by atoms with Crippen LogP contribution in [0.1, 0.15) is 26.2 Å². The zero-order valence-corrected chi connectivity index (χ0v) is 11.0. The van der Waals surface area contributed by atoms with Gasteiger partial charge in [0.1, 0.15) is 23.8 Å². The lowest BCUT2D eigenvalue weighted by Crippen LogP contribution is -2.39. The lowest BCUT2D eigenvalue weighted by molar-refractivity contribution is 0.0598. The SMILES string of the molecule is CCC[C@H]1C[C@H](C#N)N(N(C)C)C1=C(C#N)C#N. The van der Waals surface area contributed by atoms with E-state index in [2.05, 4.69) is 13.0 Å². The highest BCUT2D eigenvalue weighted by Gasteiger charge is 2.39. The van der Waals surface area contributed by atoms with Crippen LogP contribution in [0.4, 0.5) is 0 Å². The maximum absolute atomic E-state index is 9.21. The van der Waals surface area contributed by atoms with E-state index in [1.54, 1.807) is 10.0 Å². The predicted octanol–water partition coefficient (Wildman–Crippen LogP) is 1.78. The van der Waals surface area contributed by atoms with Crippen molar-refractivity contribution in [1.82, 2.24) is 10.0 Å². The molecule has 0 aromatic carbocycles. The molecule has 94 valence electrons. The second-order valence-electron chi connectivity index (χ2n) is 4.54. The second-order valence-corrected chi connectivity index (χ2v) is 4.54. The molecule has 0 saturated carbocycles. The minimum absolute atomic E-state index is 0.122. The van der Waals surface area contributed by atoms with Gasteiger partial charge < -0.3 is 0 Å². The quantitative estimate of drug-likeness (QED) is 0.706. The van der Waals surface area contributed by atoms with Crippen LogP contribution in [0.15, 0.2) is 11.3 Å². The van der Waals surface area contributed by atoms with Crippen molar-refractivity contribution in [3.8, 4) is 18.2 Å². The van der Waals surface area contributed by atoms with Crippen molar-refractivity contribution >= 4 is 0 Å². The number of rotatable bonds is 3. The minimum atomic E-state index is -0.289. The van der Waals surface area contributed by atoms with Gasteiger partial charge in [0.05, 0.1) is 11.8 Å². The maximum atomic E-state index is 9.21. The Bertz CT molecular complexity index is 441. The monoisotopic (exact) mass is 243 g/mol. The van der Waals surface area contributed by atoms with Crippen LogP contribution in [0.3, 0.4) is 0 Å². The first-order valence-corrected chi connectivity index (χ1v) is 6.01. The highest BCUT2D eigenvalue weighted by Crippen LogP contribution is 2.38. The van der Waals surface area contributed by atoms with Crippen LogP contribution in [0, 0.1) is 39.9 Å². The van der Waals surface area contributed by atoms with Gasteiger partial charge in [-0.2, -0.15) is 15.8 Å². The first-order chi connectivity index (χ1) is 8.60. The molecule has 0 bridgehead atoms. The summed E-state index contributed by atoms with van der Waals surface area (Å²) in [5.41, 5.74) is 0.832. The predicted molar refractivity (Wildman–Crippen MR) is 66.2 cm³/mol. The normalized spacial score (nSPS) is 22.5. The van der Waals surface area contributed by atoms with E-state index >= 15 is 0 Å². The third kappa shape index (κ3) is 2.45. The number of nitriles is 3. The Morgan fingerprint density at radius 2 is 1.94 bits per heavy atom. The molecule has 0 spiro atoms. The lowest BCUT2D eigenvalue weighted by atomic mass is 9.95. The topological polar surface area (TPSA) is 77.8 Å². The molecule has 5 heteroatoms. The summed E-state index contributed by atoms with van der Waals surface area (Å²) in [6.45, 7) is 2.07. The molecule has 1 aliphatic rings. The summed E-state index contributed by atoms with van der Waals surface area (Å²) in [5.74, 6) is 0.122. The van der Waals surface area contributed by atoms with Crippen LogP contribution in [-0.2, 0) is 0 Å². The summed E-state index contributed by atoms with van der Waals surface area (Å²) in [7, 11) is 3.65. The first kappa shape index (κ1) is 14.0. The van der Waals surface area contributed by atoms with Gasteiger partial charge in [-0.05, 0) is 12.8 Å². The highest BCUT2D eigenvalue weighted by atomic mass is 15.6. The Morgan fingerprint density at radius 1 is 1.33 bits per heavy atom. The van der Waals surface area contributed by atoms with Crippen molar-refractivity contribution in [3.05, 3.63) is 11.3 Å². The van der Waals surface area contributed by atoms with Crippen LogP contribution >= 0.6 is 0 Å². The van der Waals surface area contributed by atoms with Gasteiger partial charge in [-0.25, -0.2) is 5.01 Å². The fourth-order valence-electron chi connectivity index (χ4n) is 2.50. The summed E-state index contributed by atoms with van der Waals surface area (Å²) < 4.78 is 0. The van der Waals surface area contributed by atoms with E-state index in [0.29, 0.717) is 12.1 Å². The lowest BCUT2D eigenvalue weighted by Gasteiger charge is -2.31. The Kier molecular flexibility index (Phi) is 4.72. The molecule has 1 aliphatic heterocycles. The van der Waals surface area contributed by atoms with Gasteiger partial charge in [0.25, 0.3) is 0 Å². The summed E-state index contributed by atoms with van der Waals surface area (Å²) in [6, 6.07) is 5.86. The van der Waals surface area contributed by atoms with E-state index in [-0.39, 0.29) is 17.5 Å². The van der Waals surface area contributed by atoms with Gasteiger partial charge >= 0.3 is 0 Å². The van der Waals surface area contributed by atoms with Crippen molar-refractivity contribution in [2.75, 3.05) is 14.1 Å². The summed E-state index contributed by atoms with van der Waals surface area (Å²) in [4.78, 5) is 0. The molecule has 0 aliphatic carbocycles. The maximum Gasteiger partial charge on any atom is 0.150 e. The Hall–Kier alpha value is -2.03. The van der Waals surface area contributed by atoms with Gasteiger partial charge in [-0.1, -0.05) is 13.3 Å². The zero-order valence-electron chi connectivity index (χ0n) is 11.0. The molecule has 1 saturated heterocycles. The van der Waals surface area contributed by atoms with Crippen LogP contribution < -0.4 is 0 Å². The summed E-state index contributed by atoms with van der Waals surface area (Å²) >= 11 is 0. The van der Waals surface area contributed by atoms with Gasteiger partial charge in [-0.15, -0.1) is 0 Å². The van der Waals surface area contributed by atoms with E-state index in [4.69, 9.17) is 10.5 Å². The summed E-state index contributed by atoms with van der Waals surface area (Å²) in [5, 5.41) is 30.9. The molecular formula is C13H17N5. The van der Waals surface area contributed by atoms with E-state index in [9.17, 15) is 5.26 Å². The highest BCUT2D eigenvalue weighted by molar-refractivity contribution is 5.42. The Balaban J connectivity index is 3.29. The Labute approximate surface area is 108 Å². The number of hydrazine groups is 1. The number of allylic oxidation sites excluding steroid dienone is 2. The molecule has 1 heterocycles. The summed E-state index contributed by atoms with van der Waals surface area (Å²) in [6.07, 6.45) is 2.55. The van der Waals surface area contributed by atoms with E-state index in [0.717, 1.165) is 12.8 Å². The molecule has 1 fully saturated rings. The Morgan fingerprint density at radius 3 is 2.33 bits per heavy atom. The van der Waals surface area contributed by atoms with Crippen molar-refractivity contribution in [2.45, 2.75) is 32.2 Å². The average Bonchev–Trinajstić information content (AvgIpc) is 2.70. The van der Waals surface area contributed by atoms with Crippen molar-refractivity contribution in [1.29, 1.82) is 15.8 Å². The van der Waals surface area contributed by atoms with Crippen LogP contribution in [0.2, 0.25) is 0 Å². The van der Waals surface area contributed by atoms with Crippen molar-refractivity contribution in [2.24, 2.45) is 5.92 Å². The molecule has 2 atom stereocenters. The number of nitrogens with zero attached hydrogens (tertiary/aromatic N) is 5. The van der Waals surface area contributed by atoms with Gasteiger partial charge in [0.2, 0.25) is 0 Å². The molecule has 0 N–H and O–H groups in total. The molecule has 18 heavy (non-hydrogen) atoms. The largest absolute Gasteiger partial charge is 0.291 e. The average molecular weight is 243 g/mol. The van der Waals surface area contributed by atoms with Gasteiger partial charge in [0.15, 0.2) is 0 Å². The second kappa shape index (κ2) is 6.05. The molecule has 5 nitrogen and oxygen atoms in total. The van der Waals surface area contributed by atoms with E-state index in [1.165, 1.54) is 0 Å². The van der Waals surface area contributed by atoms with Crippen molar-refractivity contribution < 1.29 is 0 Å². The molecular weight excluding hydrogens is 226 g/mol. The standard InChI is InChI=1S/C13H17N5/c1-4-5-10-6-12(9-16)18(17(2)3)13(10)11(7-14)8-15/h10,12H,4-6H2,1-3H3/t10-,12+/m0/s1. The molecule has 0 amide bonds. The third-order valence-corrected chi connectivity index (χ3v) is 3.13. The number of hydrogen-bond donors (Lipinski definition) is 0. The van der Waals surface area contributed by atoms with Gasteiger partial charge in [0, 0.05) is 20.0 Å². The van der Waals surface area contributed by atoms with Gasteiger partial charge in [-0.3, -0.25) is 5.01 Å². The molecule has 0 aromatic heterocycles. The van der Waals surface area contributed by atoms with E-state index in [1.807, 2.05) is 26.2 Å². The zero-order chi connectivity index (χ0) is 13.7. The van der Waals surface area contributed by atoms with Crippen LogP contribution in [0.25, 0.3) is 0 Å². The van der Waals surface area contributed by atoms with Crippen LogP contribution in [0.5, 0.6) is 0 Å². The molecule has 0 aromatic rings. The third-order valence-electron chi connectivity index (χ3n) is 3.13. The molecule has 0 unspecified atom stereocenters. The minimum Gasteiger partial charge on any atom is -0.291 e. The van der Waals surface area contributed by atoms with Crippen molar-refractivity contribution in [3.63, 3.8) is 0 Å². The fourth-order valence-corrected chi connectivity index (χ4v) is 2.50. The molecule has 0 radical (unpaired) electrons. The van der Waals surface area contributed by atoms with E-state index < -0.39 is 0 Å².